The van der Waals surface area contributed by atoms with Gasteiger partial charge >= 0.3 is 17.8 Å². The number of halogens is 6. The first-order valence-corrected chi connectivity index (χ1v) is 23.9. The summed E-state index contributed by atoms with van der Waals surface area (Å²) in [4.78, 5) is -0.309. The molecule has 0 amide bonds. The van der Waals surface area contributed by atoms with Crippen molar-refractivity contribution in [2.75, 3.05) is 11.5 Å². The monoisotopic (exact) mass is 660 g/mol. The van der Waals surface area contributed by atoms with Crippen molar-refractivity contribution >= 4 is 73.5 Å². The third kappa shape index (κ3) is 6.30. The fraction of sp³-hybridized carbons (Fsp3) is 0.630. The maximum atomic E-state index is 15.5. The van der Waals surface area contributed by atoms with Crippen LogP contribution in [-0.2, 0) is 0 Å². The van der Waals surface area contributed by atoms with Crippen LogP contribution < -0.4 is 0 Å². The Hall–Kier alpha value is -0.146. The fourth-order valence-corrected chi connectivity index (χ4v) is 14.7. The molecular weight excluding hydrogens is 623 g/mol. The Kier molecular flexibility index (Phi) is 9.55. The molecule has 0 saturated carbocycles. The third-order valence-electron chi connectivity index (χ3n) is 7.10. The van der Waals surface area contributed by atoms with Crippen molar-refractivity contribution in [3.63, 3.8) is 0 Å². The zero-order valence-electron chi connectivity index (χ0n) is 24.2. The normalized spacial score (nSPS) is 18.9. The molecule has 0 N–H and O–H groups in total. The summed E-state index contributed by atoms with van der Waals surface area (Å²) in [5.41, 5.74) is -0.290. The fourth-order valence-electron chi connectivity index (χ4n) is 4.13. The molecule has 0 aromatic carbocycles. The van der Waals surface area contributed by atoms with E-state index < -0.39 is 45.1 Å². The van der Waals surface area contributed by atoms with E-state index in [1.54, 1.807) is 27.7 Å². The Balaban J connectivity index is 2.20. The summed E-state index contributed by atoms with van der Waals surface area (Å²) >= 11 is 4.89. The maximum absolute atomic E-state index is 15.5. The molecule has 0 aliphatic heterocycles. The summed E-state index contributed by atoms with van der Waals surface area (Å²) in [6.07, 6.45) is 0. The van der Waals surface area contributed by atoms with Gasteiger partial charge in [-0.15, -0.1) is 46.2 Å². The number of thiophene rings is 2. The summed E-state index contributed by atoms with van der Waals surface area (Å²) in [6, 6.07) is 1.99. The van der Waals surface area contributed by atoms with Crippen molar-refractivity contribution < 1.29 is 26.3 Å². The minimum atomic E-state index is -5.53. The number of alkyl halides is 6. The Morgan fingerprint density at radius 2 is 0.872 bits per heavy atom. The van der Waals surface area contributed by atoms with E-state index in [-0.39, 0.29) is 9.75 Å². The highest BCUT2D eigenvalue weighted by molar-refractivity contribution is 8.01. The zero-order chi connectivity index (χ0) is 29.9. The molecule has 220 valence electrons. The number of allylic oxidation sites excluding steroid dienone is 2. The van der Waals surface area contributed by atoms with Gasteiger partial charge in [0.15, 0.2) is 0 Å². The summed E-state index contributed by atoms with van der Waals surface area (Å²) in [7, 11) is -2.70. The Morgan fingerprint density at radius 3 is 1.15 bits per heavy atom. The Morgan fingerprint density at radius 1 is 0.564 bits per heavy atom. The van der Waals surface area contributed by atoms with Gasteiger partial charge in [-0.05, 0) is 73.5 Å². The molecule has 2 aromatic heterocycles. The smallest absolute Gasteiger partial charge is 0.194 e. The minimum Gasteiger partial charge on any atom is -0.194 e. The average Bonchev–Trinajstić information content (AvgIpc) is 3.23. The van der Waals surface area contributed by atoms with Gasteiger partial charge in [-0.1, -0.05) is 39.3 Å². The molecule has 0 bridgehead atoms. The zero-order valence-corrected chi connectivity index (χ0v) is 29.5. The molecule has 1 aliphatic carbocycles. The summed E-state index contributed by atoms with van der Waals surface area (Å²) in [5.74, 6) is -14.0. The van der Waals surface area contributed by atoms with Gasteiger partial charge in [-0.25, -0.2) is 0 Å². The van der Waals surface area contributed by atoms with Crippen LogP contribution >= 0.6 is 46.2 Å². The topological polar surface area (TPSA) is 0 Å². The van der Waals surface area contributed by atoms with E-state index in [1.165, 1.54) is 23.5 Å². The molecule has 0 unspecified atom stereocenters. The molecule has 2 heterocycles. The van der Waals surface area contributed by atoms with Gasteiger partial charge in [-0.2, -0.15) is 26.3 Å². The van der Waals surface area contributed by atoms with Crippen LogP contribution in [0, 0.1) is 27.7 Å². The van der Waals surface area contributed by atoms with E-state index in [1.807, 2.05) is 0 Å². The summed E-state index contributed by atoms with van der Waals surface area (Å²) in [6.45, 7) is 20.0. The molecule has 12 heteroatoms. The second-order valence-corrected chi connectivity index (χ2v) is 28.7. The van der Waals surface area contributed by atoms with Crippen LogP contribution in [0.25, 0.3) is 11.1 Å². The number of rotatable bonds is 10. The lowest BCUT2D eigenvalue weighted by Crippen LogP contribution is -2.48. The molecule has 0 fully saturated rings. The number of hydrogen-bond acceptors (Lipinski definition) is 4. The van der Waals surface area contributed by atoms with E-state index in [9.17, 15) is 8.78 Å². The standard InChI is InChI=1S/C27H38F6S4Si2/c1-15-17(3)23(34-11-13-38(5,6)7)36-21(15)19-20(26(30,31)27(32,33)25(19,28)29)22-16(2)18(4)24(37-22)35-12-14-39(8,9)10/h11-14H2,1-10H3. The first-order chi connectivity index (χ1) is 17.5. The van der Waals surface area contributed by atoms with Gasteiger partial charge in [0.2, 0.25) is 0 Å². The average molecular weight is 661 g/mol. The van der Waals surface area contributed by atoms with Gasteiger partial charge in [0, 0.05) is 25.9 Å². The first-order valence-electron chi connectivity index (χ1n) is 12.9. The van der Waals surface area contributed by atoms with Crippen LogP contribution in [0.5, 0.6) is 0 Å². The molecular formula is C27H38F6S4Si2. The van der Waals surface area contributed by atoms with Crippen LogP contribution in [0.3, 0.4) is 0 Å². The molecule has 0 radical (unpaired) electrons. The predicted octanol–water partition coefficient (Wildman–Crippen LogP) is 11.7. The Labute approximate surface area is 247 Å². The maximum Gasteiger partial charge on any atom is 0.380 e. The van der Waals surface area contributed by atoms with Gasteiger partial charge < -0.3 is 0 Å². The van der Waals surface area contributed by atoms with Crippen molar-refractivity contribution in [1.82, 2.24) is 0 Å². The van der Waals surface area contributed by atoms with Crippen LogP contribution in [-0.4, -0.2) is 45.4 Å². The van der Waals surface area contributed by atoms with E-state index in [0.717, 1.165) is 54.7 Å². The highest BCUT2D eigenvalue weighted by atomic mass is 32.2. The quantitative estimate of drug-likeness (QED) is 0.141. The van der Waals surface area contributed by atoms with Crippen LogP contribution in [0.1, 0.15) is 32.0 Å². The second kappa shape index (κ2) is 11.2. The van der Waals surface area contributed by atoms with E-state index >= 15 is 17.6 Å². The predicted molar refractivity (Wildman–Crippen MR) is 167 cm³/mol. The van der Waals surface area contributed by atoms with E-state index in [0.29, 0.717) is 22.3 Å². The van der Waals surface area contributed by atoms with Crippen LogP contribution in [0.15, 0.2) is 8.42 Å². The van der Waals surface area contributed by atoms with Crippen LogP contribution in [0.2, 0.25) is 51.4 Å². The molecule has 2 aromatic rings. The SMILES string of the molecule is Cc1c(SCC[Si](C)(C)C)sc(C2=C(c3sc(SCC[Si](C)(C)C)c(C)c3C)C(F)(F)C(F)(F)C2(F)F)c1C. The van der Waals surface area contributed by atoms with Crippen LogP contribution in [0.4, 0.5) is 26.3 Å². The van der Waals surface area contributed by atoms with E-state index in [2.05, 4.69) is 39.3 Å². The third-order valence-corrected chi connectivity index (χ3v) is 16.9. The van der Waals surface area contributed by atoms with Gasteiger partial charge in [0.25, 0.3) is 0 Å². The number of hydrogen-bond donors (Lipinski definition) is 0. The molecule has 39 heavy (non-hydrogen) atoms. The Bertz CT molecular complexity index is 1170. The molecule has 0 saturated heterocycles. The van der Waals surface area contributed by atoms with Crippen molar-refractivity contribution in [1.29, 1.82) is 0 Å². The largest absolute Gasteiger partial charge is 0.380 e. The second-order valence-electron chi connectivity index (χ2n) is 12.7. The number of thioether (sulfide) groups is 2. The van der Waals surface area contributed by atoms with Gasteiger partial charge in [-0.3, -0.25) is 0 Å². The molecule has 0 nitrogen and oxygen atoms in total. The van der Waals surface area contributed by atoms with E-state index in [4.69, 9.17) is 0 Å². The molecule has 1 aliphatic rings. The lowest BCUT2D eigenvalue weighted by Gasteiger charge is -2.25. The molecule has 0 spiro atoms. The van der Waals surface area contributed by atoms with Crippen molar-refractivity contribution in [3.05, 3.63) is 32.0 Å². The summed E-state index contributed by atoms with van der Waals surface area (Å²) < 4.78 is 93.5. The van der Waals surface area contributed by atoms with Crippen molar-refractivity contribution in [2.24, 2.45) is 0 Å². The highest BCUT2D eigenvalue weighted by Crippen LogP contribution is 2.67. The van der Waals surface area contributed by atoms with Gasteiger partial charge in [0.1, 0.15) is 0 Å². The lowest BCUT2D eigenvalue weighted by atomic mass is 9.99. The van der Waals surface area contributed by atoms with Crippen molar-refractivity contribution in [2.45, 2.75) is 105 Å². The van der Waals surface area contributed by atoms with Gasteiger partial charge in [0.05, 0.1) is 19.6 Å². The first kappa shape index (κ1) is 33.4. The summed E-state index contributed by atoms with van der Waals surface area (Å²) in [5, 5.41) is 0. The highest BCUT2D eigenvalue weighted by Gasteiger charge is 2.80. The minimum absolute atomic E-state index is 0.154. The molecule has 3 rings (SSSR count). The lowest BCUT2D eigenvalue weighted by molar-refractivity contribution is -0.254. The van der Waals surface area contributed by atoms with Crippen molar-refractivity contribution in [3.8, 4) is 0 Å². The molecule has 0 atom stereocenters.